The average Bonchev–Trinajstić information content (AvgIpc) is 3.42. The Kier molecular flexibility index (Phi) is 4.33. The predicted octanol–water partition coefficient (Wildman–Crippen LogP) is 3.54. The summed E-state index contributed by atoms with van der Waals surface area (Å²) in [6, 6.07) is 15.2. The summed E-state index contributed by atoms with van der Waals surface area (Å²) in [5.41, 5.74) is 2.98. The molecule has 2 aliphatic heterocycles. The van der Waals surface area contributed by atoms with E-state index in [1.165, 1.54) is 0 Å². The lowest BCUT2D eigenvalue weighted by Crippen LogP contribution is -2.31. The molecular formula is C22H20N2O4. The highest BCUT2D eigenvalue weighted by Crippen LogP contribution is 2.36. The van der Waals surface area contributed by atoms with Crippen LogP contribution in [0.3, 0.4) is 0 Å². The number of carbonyl (C=O) groups excluding carboxylic acids is 1. The summed E-state index contributed by atoms with van der Waals surface area (Å²) in [6.07, 6.45) is 2.14. The van der Waals surface area contributed by atoms with E-state index in [9.17, 15) is 4.79 Å². The summed E-state index contributed by atoms with van der Waals surface area (Å²) in [7, 11) is 0. The number of benzene rings is 2. The number of nitrogens with one attached hydrogen (secondary N) is 1. The molecule has 0 aliphatic carbocycles. The van der Waals surface area contributed by atoms with Crippen LogP contribution in [-0.4, -0.2) is 36.9 Å². The molecule has 1 aromatic heterocycles. The Morgan fingerprint density at radius 1 is 1.11 bits per heavy atom. The van der Waals surface area contributed by atoms with Crippen LogP contribution in [0.2, 0.25) is 0 Å². The van der Waals surface area contributed by atoms with E-state index in [-0.39, 0.29) is 18.8 Å². The van der Waals surface area contributed by atoms with Crippen LogP contribution in [0.4, 0.5) is 0 Å². The van der Waals surface area contributed by atoms with E-state index < -0.39 is 0 Å². The number of carbonyl (C=O) groups is 1. The van der Waals surface area contributed by atoms with Crippen LogP contribution in [0.25, 0.3) is 22.2 Å². The molecule has 1 unspecified atom stereocenters. The third-order valence-electron chi connectivity index (χ3n) is 5.14. The lowest BCUT2D eigenvalue weighted by molar-refractivity contribution is 0.0859. The molecule has 0 bridgehead atoms. The maximum Gasteiger partial charge on any atom is 0.252 e. The minimum Gasteiger partial charge on any atom is -0.454 e. The van der Waals surface area contributed by atoms with Crippen molar-refractivity contribution < 1.29 is 19.0 Å². The van der Waals surface area contributed by atoms with Gasteiger partial charge >= 0.3 is 0 Å². The van der Waals surface area contributed by atoms with Gasteiger partial charge in [0.1, 0.15) is 0 Å². The number of para-hydroxylation sites is 1. The molecule has 28 heavy (non-hydrogen) atoms. The normalized spacial score (nSPS) is 17.8. The predicted molar refractivity (Wildman–Crippen MR) is 105 cm³/mol. The Hall–Kier alpha value is -3.12. The van der Waals surface area contributed by atoms with Crippen molar-refractivity contribution in [2.24, 2.45) is 0 Å². The fraction of sp³-hybridized carbons (Fsp3) is 0.273. The molecule has 0 radical (unpaired) electrons. The fourth-order valence-corrected chi connectivity index (χ4v) is 3.67. The molecule has 5 rings (SSSR count). The van der Waals surface area contributed by atoms with Gasteiger partial charge in [-0.1, -0.05) is 18.2 Å². The number of ether oxygens (including phenoxy) is 3. The summed E-state index contributed by atoms with van der Waals surface area (Å²) in [6.45, 7) is 1.52. The summed E-state index contributed by atoms with van der Waals surface area (Å²) < 4.78 is 16.5. The van der Waals surface area contributed by atoms with Crippen molar-refractivity contribution in [3.05, 3.63) is 54.1 Å². The Labute approximate surface area is 162 Å². The molecule has 142 valence electrons. The van der Waals surface area contributed by atoms with Crippen LogP contribution < -0.4 is 14.8 Å². The second-order valence-electron chi connectivity index (χ2n) is 6.99. The molecule has 0 spiro atoms. The Morgan fingerprint density at radius 2 is 2.00 bits per heavy atom. The van der Waals surface area contributed by atoms with Gasteiger partial charge in [-0.25, -0.2) is 4.98 Å². The van der Waals surface area contributed by atoms with E-state index in [1.54, 1.807) is 0 Å². The summed E-state index contributed by atoms with van der Waals surface area (Å²) in [5.74, 6) is 1.30. The third-order valence-corrected chi connectivity index (χ3v) is 5.14. The van der Waals surface area contributed by atoms with Crippen molar-refractivity contribution in [3.8, 4) is 22.8 Å². The molecule has 2 aliphatic rings. The van der Waals surface area contributed by atoms with Gasteiger partial charge in [0.15, 0.2) is 11.5 Å². The van der Waals surface area contributed by atoms with Gasteiger partial charge in [-0.2, -0.15) is 0 Å². The fourth-order valence-electron chi connectivity index (χ4n) is 3.67. The van der Waals surface area contributed by atoms with Crippen LogP contribution in [-0.2, 0) is 4.74 Å². The Bertz CT molecular complexity index is 1040. The number of amides is 1. The highest BCUT2D eigenvalue weighted by atomic mass is 16.7. The molecule has 1 amide bonds. The zero-order chi connectivity index (χ0) is 18.9. The van der Waals surface area contributed by atoms with Crippen LogP contribution in [0, 0.1) is 0 Å². The van der Waals surface area contributed by atoms with Crippen LogP contribution in [0.15, 0.2) is 48.5 Å². The second-order valence-corrected chi connectivity index (χ2v) is 6.99. The smallest absolute Gasteiger partial charge is 0.252 e. The van der Waals surface area contributed by atoms with Crippen molar-refractivity contribution in [2.75, 3.05) is 19.9 Å². The third kappa shape index (κ3) is 3.16. The largest absolute Gasteiger partial charge is 0.454 e. The first-order valence-electron chi connectivity index (χ1n) is 9.47. The van der Waals surface area contributed by atoms with E-state index in [2.05, 4.69) is 5.32 Å². The summed E-state index contributed by atoms with van der Waals surface area (Å²) in [4.78, 5) is 17.7. The minimum atomic E-state index is -0.115. The SMILES string of the molecule is O=C(NCC1CCCO1)c1cc(-c2ccc3c(c2)OCO3)nc2ccccc12. The first-order chi connectivity index (χ1) is 13.8. The zero-order valence-corrected chi connectivity index (χ0v) is 15.3. The van der Waals surface area contributed by atoms with Gasteiger partial charge in [0.2, 0.25) is 6.79 Å². The molecule has 2 aromatic carbocycles. The van der Waals surface area contributed by atoms with E-state index >= 15 is 0 Å². The van der Waals surface area contributed by atoms with Crippen LogP contribution in [0.5, 0.6) is 11.5 Å². The highest BCUT2D eigenvalue weighted by molar-refractivity contribution is 6.07. The molecule has 6 heteroatoms. The standard InChI is InChI=1S/C22H20N2O4/c25-22(23-12-15-4-3-9-26-15)17-11-19(24-18-6-2-1-5-16(17)18)14-7-8-20-21(10-14)28-13-27-20/h1-2,5-8,10-11,15H,3-4,9,12-13H2,(H,23,25). The van der Waals surface area contributed by atoms with Crippen molar-refractivity contribution in [1.82, 2.24) is 10.3 Å². The highest BCUT2D eigenvalue weighted by Gasteiger charge is 2.20. The van der Waals surface area contributed by atoms with Gasteiger partial charge in [0.25, 0.3) is 5.91 Å². The lowest BCUT2D eigenvalue weighted by Gasteiger charge is -2.13. The maximum atomic E-state index is 12.9. The number of nitrogens with zero attached hydrogens (tertiary/aromatic N) is 1. The number of aromatic nitrogens is 1. The molecule has 1 fully saturated rings. The van der Waals surface area contributed by atoms with Gasteiger partial charge in [0.05, 0.1) is 22.9 Å². The quantitative estimate of drug-likeness (QED) is 0.754. The zero-order valence-electron chi connectivity index (χ0n) is 15.3. The molecular weight excluding hydrogens is 356 g/mol. The number of fused-ring (bicyclic) bond motifs is 2. The first kappa shape index (κ1) is 17.0. The molecule has 0 saturated carbocycles. The average molecular weight is 376 g/mol. The van der Waals surface area contributed by atoms with Gasteiger partial charge in [-0.3, -0.25) is 4.79 Å². The molecule has 6 nitrogen and oxygen atoms in total. The monoisotopic (exact) mass is 376 g/mol. The molecule has 3 heterocycles. The second kappa shape index (κ2) is 7.13. The molecule has 1 N–H and O–H groups in total. The Morgan fingerprint density at radius 3 is 2.89 bits per heavy atom. The van der Waals surface area contributed by atoms with Gasteiger partial charge in [0, 0.05) is 24.1 Å². The van der Waals surface area contributed by atoms with E-state index in [1.807, 2.05) is 48.5 Å². The lowest BCUT2D eigenvalue weighted by atomic mass is 10.0. The molecule has 1 saturated heterocycles. The topological polar surface area (TPSA) is 69.7 Å². The van der Waals surface area contributed by atoms with Crippen molar-refractivity contribution in [3.63, 3.8) is 0 Å². The summed E-state index contributed by atoms with van der Waals surface area (Å²) in [5, 5.41) is 3.85. The van der Waals surface area contributed by atoms with E-state index in [0.29, 0.717) is 17.9 Å². The van der Waals surface area contributed by atoms with E-state index in [4.69, 9.17) is 19.2 Å². The molecule has 1 atom stereocenters. The number of hydrogen-bond acceptors (Lipinski definition) is 5. The minimum absolute atomic E-state index is 0.102. The Balaban J connectivity index is 1.51. The number of rotatable bonds is 4. The van der Waals surface area contributed by atoms with Gasteiger partial charge < -0.3 is 19.5 Å². The first-order valence-corrected chi connectivity index (χ1v) is 9.47. The van der Waals surface area contributed by atoms with Gasteiger partial charge in [-0.15, -0.1) is 0 Å². The number of hydrogen-bond donors (Lipinski definition) is 1. The van der Waals surface area contributed by atoms with Crippen LogP contribution >= 0.6 is 0 Å². The van der Waals surface area contributed by atoms with Gasteiger partial charge in [-0.05, 0) is 43.2 Å². The number of pyridine rings is 1. The van der Waals surface area contributed by atoms with Crippen molar-refractivity contribution in [2.45, 2.75) is 18.9 Å². The summed E-state index contributed by atoms with van der Waals surface area (Å²) >= 11 is 0. The van der Waals surface area contributed by atoms with E-state index in [0.717, 1.165) is 47.4 Å². The van der Waals surface area contributed by atoms with Crippen molar-refractivity contribution in [1.29, 1.82) is 0 Å². The molecule has 3 aromatic rings. The maximum absolute atomic E-state index is 12.9. The van der Waals surface area contributed by atoms with Crippen LogP contribution in [0.1, 0.15) is 23.2 Å². The van der Waals surface area contributed by atoms with Crippen molar-refractivity contribution >= 4 is 16.8 Å².